The number of thiazole rings is 1. The molecule has 0 saturated carbocycles. The molecule has 0 bridgehead atoms. The van der Waals surface area contributed by atoms with Crippen molar-refractivity contribution in [3.8, 4) is 5.75 Å². The van der Waals surface area contributed by atoms with Crippen LogP contribution in [0.15, 0.2) is 93.9 Å². The maximum atomic E-state index is 13.9. The molecule has 0 N–H and O–H groups in total. The monoisotopic (exact) mass is 578 g/mol. The minimum Gasteiger partial charge on any atom is -0.488 e. The first-order chi connectivity index (χ1) is 18.9. The van der Waals surface area contributed by atoms with Gasteiger partial charge in [0.25, 0.3) is 5.56 Å². The van der Waals surface area contributed by atoms with E-state index in [-0.39, 0.29) is 17.7 Å². The Labute approximate surface area is 239 Å². The van der Waals surface area contributed by atoms with E-state index in [2.05, 4.69) is 4.99 Å². The molecule has 1 atom stereocenters. The van der Waals surface area contributed by atoms with Crippen LogP contribution in [0.25, 0.3) is 6.08 Å². The summed E-state index contributed by atoms with van der Waals surface area (Å²) in [6, 6.07) is 21.3. The lowest BCUT2D eigenvalue weighted by Crippen LogP contribution is -2.40. The normalized spacial score (nSPS) is 15.1. The lowest BCUT2D eigenvalue weighted by Gasteiger charge is -2.25. The second-order valence-corrected chi connectivity index (χ2v) is 10.6. The molecule has 0 radical (unpaired) electrons. The number of halogens is 2. The standard InChI is InChI=1S/C30H24Cl2N2O4S/c1-3-37-29(36)26-18(2)33-30-34(27(26)22-9-5-6-10-23(22)32)28(35)25(39-30)16-20-8-4-7-11-24(20)38-17-19-12-14-21(31)15-13-19/h4-16,27H,3,17H2,1-2H3. The van der Waals surface area contributed by atoms with E-state index in [4.69, 9.17) is 32.7 Å². The number of benzene rings is 3. The van der Waals surface area contributed by atoms with Crippen LogP contribution in [0.3, 0.4) is 0 Å². The number of allylic oxidation sites excluding steroid dienone is 1. The summed E-state index contributed by atoms with van der Waals surface area (Å²) in [5.74, 6) is 0.100. The zero-order valence-corrected chi connectivity index (χ0v) is 23.5. The van der Waals surface area contributed by atoms with Gasteiger partial charge in [0.2, 0.25) is 0 Å². The third-order valence-electron chi connectivity index (χ3n) is 6.23. The lowest BCUT2D eigenvalue weighted by atomic mass is 9.96. The largest absolute Gasteiger partial charge is 0.488 e. The molecule has 198 valence electrons. The molecule has 0 saturated heterocycles. The average Bonchev–Trinajstić information content (AvgIpc) is 3.23. The van der Waals surface area contributed by atoms with Gasteiger partial charge in [0.15, 0.2) is 4.80 Å². The van der Waals surface area contributed by atoms with Crippen LogP contribution < -0.4 is 19.6 Å². The van der Waals surface area contributed by atoms with Crippen LogP contribution in [-0.4, -0.2) is 17.1 Å². The van der Waals surface area contributed by atoms with Gasteiger partial charge in [-0.1, -0.05) is 83.1 Å². The van der Waals surface area contributed by atoms with Gasteiger partial charge >= 0.3 is 5.97 Å². The fourth-order valence-corrected chi connectivity index (χ4v) is 5.80. The lowest BCUT2D eigenvalue weighted by molar-refractivity contribution is -0.139. The number of rotatable bonds is 7. The first-order valence-corrected chi connectivity index (χ1v) is 13.8. The molecule has 39 heavy (non-hydrogen) atoms. The van der Waals surface area contributed by atoms with Crippen molar-refractivity contribution >= 4 is 46.6 Å². The van der Waals surface area contributed by atoms with Crippen molar-refractivity contribution in [3.63, 3.8) is 0 Å². The Kier molecular flexibility index (Phi) is 8.02. The number of para-hydroxylation sites is 1. The Morgan fingerprint density at radius 3 is 2.51 bits per heavy atom. The van der Waals surface area contributed by atoms with Crippen molar-refractivity contribution in [1.29, 1.82) is 0 Å². The summed E-state index contributed by atoms with van der Waals surface area (Å²) >= 11 is 13.8. The number of carbonyl (C=O) groups excluding carboxylic acids is 1. The molecule has 1 unspecified atom stereocenters. The van der Waals surface area contributed by atoms with Crippen molar-refractivity contribution in [2.24, 2.45) is 4.99 Å². The molecule has 4 aromatic rings. The minimum atomic E-state index is -0.771. The van der Waals surface area contributed by atoms with Gasteiger partial charge in [-0.3, -0.25) is 9.36 Å². The van der Waals surface area contributed by atoms with Crippen LogP contribution in [0, 0.1) is 0 Å². The highest BCUT2D eigenvalue weighted by molar-refractivity contribution is 7.07. The molecular formula is C30H24Cl2N2O4S. The Morgan fingerprint density at radius 2 is 1.77 bits per heavy atom. The van der Waals surface area contributed by atoms with Gasteiger partial charge in [-0.15, -0.1) is 0 Å². The predicted octanol–water partition coefficient (Wildman–Crippen LogP) is 5.68. The smallest absolute Gasteiger partial charge is 0.338 e. The van der Waals surface area contributed by atoms with E-state index in [9.17, 15) is 9.59 Å². The predicted molar refractivity (Wildman–Crippen MR) is 154 cm³/mol. The number of hydrogen-bond donors (Lipinski definition) is 0. The van der Waals surface area contributed by atoms with Gasteiger partial charge in [-0.2, -0.15) is 0 Å². The summed E-state index contributed by atoms with van der Waals surface area (Å²) in [4.78, 5) is 32.0. The SMILES string of the molecule is CCOC(=O)C1=C(C)N=c2sc(=Cc3ccccc3OCc3ccc(Cl)cc3)c(=O)n2C1c1ccccc1Cl. The van der Waals surface area contributed by atoms with Crippen molar-refractivity contribution in [2.45, 2.75) is 26.5 Å². The Balaban J connectivity index is 1.60. The van der Waals surface area contributed by atoms with Crippen LogP contribution in [-0.2, 0) is 16.1 Å². The van der Waals surface area contributed by atoms with Crippen molar-refractivity contribution < 1.29 is 14.3 Å². The number of ether oxygens (including phenoxy) is 2. The molecule has 2 heterocycles. The first-order valence-electron chi connectivity index (χ1n) is 12.3. The van der Waals surface area contributed by atoms with Crippen molar-refractivity contribution in [1.82, 2.24) is 4.57 Å². The zero-order chi connectivity index (χ0) is 27.5. The van der Waals surface area contributed by atoms with E-state index in [1.54, 1.807) is 32.1 Å². The number of carbonyl (C=O) groups is 1. The molecule has 0 spiro atoms. The highest BCUT2D eigenvalue weighted by Gasteiger charge is 2.34. The topological polar surface area (TPSA) is 69.9 Å². The summed E-state index contributed by atoms with van der Waals surface area (Å²) in [5, 5.41) is 1.10. The molecule has 1 aliphatic rings. The molecule has 5 rings (SSSR count). The van der Waals surface area contributed by atoms with Gasteiger partial charge in [-0.25, -0.2) is 9.79 Å². The van der Waals surface area contributed by atoms with E-state index in [0.717, 1.165) is 11.1 Å². The van der Waals surface area contributed by atoms with Crippen LogP contribution in [0.4, 0.5) is 0 Å². The van der Waals surface area contributed by atoms with Gasteiger partial charge in [-0.05, 0) is 55.3 Å². The van der Waals surface area contributed by atoms with E-state index in [0.29, 0.717) is 43.0 Å². The molecule has 1 aliphatic heterocycles. The zero-order valence-electron chi connectivity index (χ0n) is 21.2. The molecular weight excluding hydrogens is 555 g/mol. The minimum absolute atomic E-state index is 0.197. The molecule has 0 amide bonds. The van der Waals surface area contributed by atoms with E-state index in [1.807, 2.05) is 60.7 Å². The van der Waals surface area contributed by atoms with Crippen LogP contribution in [0.5, 0.6) is 5.75 Å². The fourth-order valence-electron chi connectivity index (χ4n) is 4.40. The van der Waals surface area contributed by atoms with Crippen LogP contribution >= 0.6 is 34.5 Å². The highest BCUT2D eigenvalue weighted by Crippen LogP contribution is 2.34. The van der Waals surface area contributed by atoms with E-state index >= 15 is 0 Å². The maximum absolute atomic E-state index is 13.9. The summed E-state index contributed by atoms with van der Waals surface area (Å²) in [6.07, 6.45) is 1.79. The van der Waals surface area contributed by atoms with Crippen molar-refractivity contribution in [3.05, 3.63) is 130 Å². The number of esters is 1. The van der Waals surface area contributed by atoms with E-state index < -0.39 is 12.0 Å². The van der Waals surface area contributed by atoms with E-state index in [1.165, 1.54) is 15.9 Å². The summed E-state index contributed by atoms with van der Waals surface area (Å²) in [6.45, 7) is 4.02. The average molecular weight is 580 g/mol. The number of fused-ring (bicyclic) bond motifs is 1. The second kappa shape index (κ2) is 11.6. The van der Waals surface area contributed by atoms with Gasteiger partial charge in [0.1, 0.15) is 18.4 Å². The summed E-state index contributed by atoms with van der Waals surface area (Å²) < 4.78 is 13.4. The molecule has 3 aromatic carbocycles. The molecule has 9 heteroatoms. The Morgan fingerprint density at radius 1 is 1.05 bits per heavy atom. The first kappa shape index (κ1) is 26.9. The summed E-state index contributed by atoms with van der Waals surface area (Å²) in [7, 11) is 0. The fraction of sp³-hybridized carbons (Fsp3) is 0.167. The quantitative estimate of drug-likeness (QED) is 0.264. The van der Waals surface area contributed by atoms with Crippen LogP contribution in [0.1, 0.15) is 36.6 Å². The Bertz CT molecular complexity index is 1760. The van der Waals surface area contributed by atoms with Gasteiger partial charge < -0.3 is 9.47 Å². The third-order valence-corrected chi connectivity index (χ3v) is 7.81. The number of nitrogens with zero attached hydrogens (tertiary/aromatic N) is 2. The number of hydrogen-bond acceptors (Lipinski definition) is 6. The molecule has 0 fully saturated rings. The molecule has 1 aromatic heterocycles. The number of aromatic nitrogens is 1. The highest BCUT2D eigenvalue weighted by atomic mass is 35.5. The van der Waals surface area contributed by atoms with Crippen LogP contribution in [0.2, 0.25) is 10.0 Å². The van der Waals surface area contributed by atoms with Gasteiger partial charge in [0.05, 0.1) is 22.4 Å². The maximum Gasteiger partial charge on any atom is 0.338 e. The molecule has 0 aliphatic carbocycles. The Hall–Kier alpha value is -3.65. The third kappa shape index (κ3) is 5.57. The van der Waals surface area contributed by atoms with Gasteiger partial charge in [0, 0.05) is 15.6 Å². The van der Waals surface area contributed by atoms with Crippen molar-refractivity contribution in [2.75, 3.05) is 6.61 Å². The molecule has 6 nitrogen and oxygen atoms in total. The summed E-state index contributed by atoms with van der Waals surface area (Å²) in [5.41, 5.74) is 2.82. The second-order valence-electron chi connectivity index (χ2n) is 8.78.